The van der Waals surface area contributed by atoms with E-state index < -0.39 is 0 Å². The second kappa shape index (κ2) is 7.83. The second-order valence-corrected chi connectivity index (χ2v) is 6.12. The van der Waals surface area contributed by atoms with Gasteiger partial charge in [0, 0.05) is 18.3 Å². The Morgan fingerprint density at radius 3 is 2.77 bits per heavy atom. The highest BCUT2D eigenvalue weighted by Crippen LogP contribution is 2.29. The van der Waals surface area contributed by atoms with Crippen LogP contribution in [0.1, 0.15) is 15.2 Å². The van der Waals surface area contributed by atoms with Gasteiger partial charge in [-0.25, -0.2) is 0 Å². The van der Waals surface area contributed by atoms with Gasteiger partial charge in [0.25, 0.3) is 5.91 Å². The van der Waals surface area contributed by atoms with E-state index in [9.17, 15) is 4.79 Å². The summed E-state index contributed by atoms with van der Waals surface area (Å²) in [7, 11) is 3.16. The van der Waals surface area contributed by atoms with E-state index in [1.165, 1.54) is 0 Å². The Bertz CT molecular complexity index is 912. The number of nitrogens with zero attached hydrogens (tertiary/aromatic N) is 2. The summed E-state index contributed by atoms with van der Waals surface area (Å²) in [4.78, 5) is 17.1. The van der Waals surface area contributed by atoms with Crippen LogP contribution in [0.15, 0.2) is 42.6 Å². The van der Waals surface area contributed by atoms with Gasteiger partial charge in [-0.3, -0.25) is 9.78 Å². The van der Waals surface area contributed by atoms with Gasteiger partial charge in [-0.05, 0) is 41.9 Å². The summed E-state index contributed by atoms with van der Waals surface area (Å²) in [5, 5.41) is 2.84. The lowest BCUT2D eigenvalue weighted by Crippen LogP contribution is -2.23. The van der Waals surface area contributed by atoms with Gasteiger partial charge in [-0.1, -0.05) is 6.07 Å². The van der Waals surface area contributed by atoms with Gasteiger partial charge in [-0.2, -0.15) is 4.37 Å². The number of nitrogens with two attached hydrogens (primary N) is 1. The van der Waals surface area contributed by atoms with Crippen molar-refractivity contribution in [3.8, 4) is 22.9 Å². The summed E-state index contributed by atoms with van der Waals surface area (Å²) in [6, 6.07) is 10.9. The van der Waals surface area contributed by atoms with Gasteiger partial charge in [0.15, 0.2) is 0 Å². The fourth-order valence-electron chi connectivity index (χ4n) is 2.42. The molecule has 0 aliphatic rings. The molecular formula is C18H18N4O3S. The number of amides is 1. The van der Waals surface area contributed by atoms with E-state index in [0.717, 1.165) is 17.1 Å². The Hall–Kier alpha value is -3.13. The number of methoxy groups -OCH3 is 2. The maximum absolute atomic E-state index is 12.5. The Morgan fingerprint density at radius 2 is 2.08 bits per heavy atom. The van der Waals surface area contributed by atoms with E-state index in [4.69, 9.17) is 15.2 Å². The normalized spacial score (nSPS) is 10.4. The smallest absolute Gasteiger partial charge is 0.265 e. The van der Waals surface area contributed by atoms with Crippen LogP contribution in [-0.2, 0) is 6.54 Å². The van der Waals surface area contributed by atoms with E-state index in [0.29, 0.717) is 33.5 Å². The lowest BCUT2D eigenvalue weighted by molar-refractivity contribution is 0.0955. The number of ether oxygens (including phenoxy) is 2. The van der Waals surface area contributed by atoms with Gasteiger partial charge in [0.2, 0.25) is 0 Å². The average molecular weight is 370 g/mol. The summed E-state index contributed by atoms with van der Waals surface area (Å²) in [5.41, 5.74) is 8.38. The molecule has 0 radical (unpaired) electrons. The molecule has 0 saturated carbocycles. The van der Waals surface area contributed by atoms with Crippen LogP contribution < -0.4 is 20.5 Å². The van der Waals surface area contributed by atoms with Crippen LogP contribution in [0.25, 0.3) is 11.4 Å². The molecule has 0 unspecified atom stereocenters. The third kappa shape index (κ3) is 3.60. The number of hydrogen-bond donors (Lipinski definition) is 2. The van der Waals surface area contributed by atoms with Gasteiger partial charge in [0.1, 0.15) is 22.1 Å². The fraction of sp³-hybridized carbons (Fsp3) is 0.167. The molecule has 3 N–H and O–H groups in total. The zero-order valence-electron chi connectivity index (χ0n) is 14.4. The first-order valence-corrected chi connectivity index (χ1v) is 8.57. The molecule has 1 amide bonds. The van der Waals surface area contributed by atoms with Crippen LogP contribution in [0.3, 0.4) is 0 Å². The molecule has 3 rings (SSSR count). The summed E-state index contributed by atoms with van der Waals surface area (Å²) in [6.45, 7) is 0.273. The molecule has 0 aliphatic heterocycles. The molecule has 2 heterocycles. The molecule has 0 saturated heterocycles. The van der Waals surface area contributed by atoms with Gasteiger partial charge >= 0.3 is 0 Å². The number of carbonyl (C=O) groups excluding carboxylic acids is 1. The molecule has 0 fully saturated rings. The predicted octanol–water partition coefficient (Wildman–Crippen LogP) is 2.73. The number of pyridine rings is 1. The molecule has 26 heavy (non-hydrogen) atoms. The van der Waals surface area contributed by atoms with E-state index in [2.05, 4.69) is 14.7 Å². The second-order valence-electron chi connectivity index (χ2n) is 5.35. The standard InChI is InChI=1S/C18H18N4O3S/c1-24-12-6-7-14(25-2)11(9-12)10-21-18(23)17-15(19)16(22-26-17)13-5-3-4-8-20-13/h3-9H,10,19H2,1-2H3,(H,21,23). The monoisotopic (exact) mass is 370 g/mol. The fourth-order valence-corrected chi connectivity index (χ4v) is 3.15. The van der Waals surface area contributed by atoms with Gasteiger partial charge in [0.05, 0.1) is 25.6 Å². The highest BCUT2D eigenvalue weighted by atomic mass is 32.1. The Morgan fingerprint density at radius 1 is 1.23 bits per heavy atom. The topological polar surface area (TPSA) is 99.4 Å². The summed E-state index contributed by atoms with van der Waals surface area (Å²) in [5.74, 6) is 1.05. The van der Waals surface area contributed by atoms with Crippen LogP contribution in [0.2, 0.25) is 0 Å². The van der Waals surface area contributed by atoms with Crippen molar-refractivity contribution in [3.63, 3.8) is 0 Å². The lowest BCUT2D eigenvalue weighted by atomic mass is 10.2. The number of anilines is 1. The van der Waals surface area contributed by atoms with Crippen molar-refractivity contribution in [2.75, 3.05) is 20.0 Å². The Labute approximate surface area is 155 Å². The number of hydrogen-bond acceptors (Lipinski definition) is 7. The minimum atomic E-state index is -0.299. The molecule has 2 aromatic heterocycles. The number of nitrogen functional groups attached to an aromatic ring is 1. The van der Waals surface area contributed by atoms with Crippen LogP contribution in [0.4, 0.5) is 5.69 Å². The summed E-state index contributed by atoms with van der Waals surface area (Å²) in [6.07, 6.45) is 1.66. The third-order valence-electron chi connectivity index (χ3n) is 3.77. The largest absolute Gasteiger partial charge is 0.497 e. The summed E-state index contributed by atoms with van der Waals surface area (Å²) < 4.78 is 14.8. The average Bonchev–Trinajstić information content (AvgIpc) is 3.08. The first-order valence-electron chi connectivity index (χ1n) is 7.79. The predicted molar refractivity (Wildman–Crippen MR) is 100 cm³/mol. The van der Waals surface area contributed by atoms with Gasteiger partial charge in [-0.15, -0.1) is 0 Å². The number of benzene rings is 1. The molecule has 0 atom stereocenters. The first kappa shape index (κ1) is 17.7. The molecule has 3 aromatic rings. The summed E-state index contributed by atoms with van der Waals surface area (Å²) >= 11 is 1.05. The maximum atomic E-state index is 12.5. The molecule has 0 bridgehead atoms. The lowest BCUT2D eigenvalue weighted by Gasteiger charge is -2.11. The highest BCUT2D eigenvalue weighted by molar-refractivity contribution is 7.09. The molecule has 0 aliphatic carbocycles. The van der Waals surface area contributed by atoms with Crippen molar-refractivity contribution >= 4 is 23.1 Å². The van der Waals surface area contributed by atoms with E-state index in [1.807, 2.05) is 12.1 Å². The maximum Gasteiger partial charge on any atom is 0.265 e. The zero-order chi connectivity index (χ0) is 18.5. The van der Waals surface area contributed by atoms with E-state index in [-0.39, 0.29) is 12.5 Å². The number of nitrogens with one attached hydrogen (secondary N) is 1. The molecule has 1 aromatic carbocycles. The van der Waals surface area contributed by atoms with Crippen LogP contribution in [-0.4, -0.2) is 29.5 Å². The molecule has 0 spiro atoms. The molecule has 134 valence electrons. The van der Waals surface area contributed by atoms with Crippen molar-refractivity contribution < 1.29 is 14.3 Å². The van der Waals surface area contributed by atoms with Crippen molar-refractivity contribution in [2.45, 2.75) is 6.54 Å². The number of aromatic nitrogens is 2. The minimum absolute atomic E-state index is 0.273. The SMILES string of the molecule is COc1ccc(OC)c(CNC(=O)c2snc(-c3ccccn3)c2N)c1. The van der Waals surface area contributed by atoms with Crippen molar-refractivity contribution in [3.05, 3.63) is 53.0 Å². The van der Waals surface area contributed by atoms with Crippen molar-refractivity contribution in [2.24, 2.45) is 0 Å². The van der Waals surface area contributed by atoms with Crippen LogP contribution >= 0.6 is 11.5 Å². The molecule has 8 heteroatoms. The number of carbonyl (C=O) groups is 1. The van der Waals surface area contributed by atoms with Gasteiger partial charge < -0.3 is 20.5 Å². The highest BCUT2D eigenvalue weighted by Gasteiger charge is 2.19. The van der Waals surface area contributed by atoms with E-state index in [1.54, 1.807) is 44.7 Å². The van der Waals surface area contributed by atoms with Crippen molar-refractivity contribution in [1.29, 1.82) is 0 Å². The Kier molecular flexibility index (Phi) is 5.33. The van der Waals surface area contributed by atoms with Crippen LogP contribution in [0, 0.1) is 0 Å². The quantitative estimate of drug-likeness (QED) is 0.692. The third-order valence-corrected chi connectivity index (χ3v) is 4.63. The molecule has 7 nitrogen and oxygen atoms in total. The van der Waals surface area contributed by atoms with Crippen LogP contribution in [0.5, 0.6) is 11.5 Å². The van der Waals surface area contributed by atoms with Crippen molar-refractivity contribution in [1.82, 2.24) is 14.7 Å². The van der Waals surface area contributed by atoms with E-state index >= 15 is 0 Å². The zero-order valence-corrected chi connectivity index (χ0v) is 15.2. The number of rotatable bonds is 6. The molecular weight excluding hydrogens is 352 g/mol. The first-order chi connectivity index (χ1) is 12.6. The Balaban J connectivity index is 1.77. The minimum Gasteiger partial charge on any atom is -0.497 e.